The van der Waals surface area contributed by atoms with E-state index in [1.54, 1.807) is 7.05 Å². The van der Waals surface area contributed by atoms with Crippen molar-refractivity contribution in [2.75, 3.05) is 12.4 Å². The maximum absolute atomic E-state index is 12.8. The predicted octanol–water partition coefficient (Wildman–Crippen LogP) is 3.19. The van der Waals surface area contributed by atoms with Crippen molar-refractivity contribution >= 4 is 16.5 Å². The molecule has 0 aliphatic carbocycles. The van der Waals surface area contributed by atoms with Gasteiger partial charge in [-0.15, -0.1) is 10.2 Å². The molecule has 0 bridgehead atoms. The third kappa shape index (κ3) is 3.32. The maximum atomic E-state index is 12.8. The van der Waals surface area contributed by atoms with Crippen molar-refractivity contribution in [3.8, 4) is 10.6 Å². The first-order valence-electron chi connectivity index (χ1n) is 7.19. The molecule has 2 aromatic rings. The summed E-state index contributed by atoms with van der Waals surface area (Å²) in [7, 11) is 1.79. The number of aromatic nitrogens is 3. The number of anilines is 1. The Morgan fingerprint density at radius 3 is 2.48 bits per heavy atom. The molecule has 2 heterocycles. The summed E-state index contributed by atoms with van der Waals surface area (Å²) in [6.45, 7) is 9.17. The zero-order valence-electron chi connectivity index (χ0n) is 13.2. The van der Waals surface area contributed by atoms with Gasteiger partial charge in [0.25, 0.3) is 5.56 Å². The van der Waals surface area contributed by atoms with Crippen LogP contribution in [0.5, 0.6) is 0 Å². The van der Waals surface area contributed by atoms with Gasteiger partial charge in [0.1, 0.15) is 0 Å². The van der Waals surface area contributed by atoms with Gasteiger partial charge >= 0.3 is 0 Å². The van der Waals surface area contributed by atoms with Gasteiger partial charge in [-0.1, -0.05) is 39.0 Å². The number of hydrogen-bond donors (Lipinski definition) is 1. The lowest BCUT2D eigenvalue weighted by atomic mass is 10.1. The molecule has 0 aromatic carbocycles. The molecule has 2 rings (SSSR count). The second-order valence-corrected chi connectivity index (χ2v) is 6.78. The summed E-state index contributed by atoms with van der Waals surface area (Å²) in [6.07, 6.45) is 0. The van der Waals surface area contributed by atoms with Gasteiger partial charge in [0, 0.05) is 19.3 Å². The van der Waals surface area contributed by atoms with Gasteiger partial charge in [0.05, 0.1) is 5.56 Å². The highest BCUT2D eigenvalue weighted by molar-refractivity contribution is 7.18. The molecule has 0 saturated heterocycles. The molecule has 0 fully saturated rings. The summed E-state index contributed by atoms with van der Waals surface area (Å²) < 4.78 is 1.88. The molecule has 2 aromatic heterocycles. The van der Waals surface area contributed by atoms with Crippen LogP contribution in [0.25, 0.3) is 10.6 Å². The van der Waals surface area contributed by atoms with Crippen LogP contribution in [0.15, 0.2) is 16.9 Å². The van der Waals surface area contributed by atoms with Gasteiger partial charge in [-0.3, -0.25) is 4.79 Å². The van der Waals surface area contributed by atoms with Gasteiger partial charge in [0.15, 0.2) is 5.01 Å². The van der Waals surface area contributed by atoms with E-state index in [0.29, 0.717) is 27.5 Å². The average Bonchev–Trinajstić information content (AvgIpc) is 2.88. The highest BCUT2D eigenvalue weighted by atomic mass is 32.1. The van der Waals surface area contributed by atoms with E-state index in [-0.39, 0.29) is 5.56 Å². The number of nitrogens with zero attached hydrogens (tertiary/aromatic N) is 3. The first-order valence-corrected chi connectivity index (χ1v) is 8.01. The van der Waals surface area contributed by atoms with Crippen LogP contribution < -0.4 is 10.9 Å². The average molecular weight is 306 g/mol. The van der Waals surface area contributed by atoms with E-state index in [4.69, 9.17) is 0 Å². The fourth-order valence-electron chi connectivity index (χ4n) is 2.25. The highest BCUT2D eigenvalue weighted by Crippen LogP contribution is 2.25. The Morgan fingerprint density at radius 2 is 1.95 bits per heavy atom. The van der Waals surface area contributed by atoms with Gasteiger partial charge in [0.2, 0.25) is 5.13 Å². The third-order valence-corrected chi connectivity index (χ3v) is 4.19. The lowest BCUT2D eigenvalue weighted by molar-refractivity contribution is 0.488. The Balaban J connectivity index is 2.56. The highest BCUT2D eigenvalue weighted by Gasteiger charge is 2.16. The Labute approximate surface area is 129 Å². The predicted molar refractivity (Wildman–Crippen MR) is 88.1 cm³/mol. The van der Waals surface area contributed by atoms with Crippen LogP contribution in [0.2, 0.25) is 0 Å². The minimum absolute atomic E-state index is 0.0219. The van der Waals surface area contributed by atoms with E-state index in [9.17, 15) is 4.79 Å². The molecule has 0 unspecified atom stereocenters. The van der Waals surface area contributed by atoms with E-state index >= 15 is 0 Å². The van der Waals surface area contributed by atoms with E-state index in [0.717, 1.165) is 12.2 Å². The van der Waals surface area contributed by atoms with E-state index in [1.165, 1.54) is 11.3 Å². The molecule has 0 radical (unpaired) electrons. The lowest BCUT2D eigenvalue weighted by Gasteiger charge is -2.18. The molecule has 0 amide bonds. The molecule has 0 aliphatic rings. The van der Waals surface area contributed by atoms with Gasteiger partial charge in [-0.2, -0.15) is 0 Å². The smallest absolute Gasteiger partial charge is 0.261 e. The summed E-state index contributed by atoms with van der Waals surface area (Å²) >= 11 is 1.40. The van der Waals surface area contributed by atoms with Crippen molar-refractivity contribution in [1.29, 1.82) is 0 Å². The van der Waals surface area contributed by atoms with Crippen LogP contribution >= 0.6 is 11.3 Å². The van der Waals surface area contributed by atoms with E-state index in [2.05, 4.69) is 43.2 Å². The zero-order valence-corrected chi connectivity index (χ0v) is 14.0. The summed E-state index contributed by atoms with van der Waals surface area (Å²) in [5, 5.41) is 12.4. The third-order valence-electron chi connectivity index (χ3n) is 3.22. The monoisotopic (exact) mass is 306 g/mol. The molecule has 6 heteroatoms. The molecule has 0 spiro atoms. The van der Waals surface area contributed by atoms with Crippen molar-refractivity contribution in [3.63, 3.8) is 0 Å². The van der Waals surface area contributed by atoms with Crippen LogP contribution in [0, 0.1) is 5.92 Å². The minimum atomic E-state index is 0.0219. The van der Waals surface area contributed by atoms with Crippen molar-refractivity contribution in [3.05, 3.63) is 28.2 Å². The van der Waals surface area contributed by atoms with E-state index in [1.807, 2.05) is 16.7 Å². The van der Waals surface area contributed by atoms with Crippen molar-refractivity contribution in [2.24, 2.45) is 5.92 Å². The van der Waals surface area contributed by atoms with Gasteiger partial charge in [-0.25, -0.2) is 0 Å². The Kier molecular flexibility index (Phi) is 4.77. The van der Waals surface area contributed by atoms with Gasteiger partial charge < -0.3 is 9.88 Å². The van der Waals surface area contributed by atoms with E-state index < -0.39 is 0 Å². The molecule has 1 N–H and O–H groups in total. The molecule has 0 aliphatic heterocycles. The SMILES string of the molecule is CNc1nnc(-c2ccc(C(C)C)n(CC(C)C)c2=O)s1. The molecular weight excluding hydrogens is 284 g/mol. The summed E-state index contributed by atoms with van der Waals surface area (Å²) in [5.41, 5.74) is 1.71. The molecule has 0 saturated carbocycles. The normalized spacial score (nSPS) is 11.4. The minimum Gasteiger partial charge on any atom is -0.363 e. The van der Waals surface area contributed by atoms with Crippen LogP contribution in [0.4, 0.5) is 5.13 Å². The Hall–Kier alpha value is -1.69. The number of pyridine rings is 1. The maximum Gasteiger partial charge on any atom is 0.261 e. The number of rotatable bonds is 5. The largest absolute Gasteiger partial charge is 0.363 e. The van der Waals surface area contributed by atoms with Gasteiger partial charge in [-0.05, 0) is 24.0 Å². The van der Waals surface area contributed by atoms with Crippen molar-refractivity contribution in [1.82, 2.24) is 14.8 Å². The Bertz CT molecular complexity index is 673. The van der Waals surface area contributed by atoms with Crippen molar-refractivity contribution in [2.45, 2.75) is 40.2 Å². The second kappa shape index (κ2) is 6.39. The second-order valence-electron chi connectivity index (χ2n) is 5.80. The van der Waals surface area contributed by atoms with Crippen LogP contribution in [-0.2, 0) is 6.54 Å². The lowest BCUT2D eigenvalue weighted by Crippen LogP contribution is -2.27. The first kappa shape index (κ1) is 15.7. The fraction of sp³-hybridized carbons (Fsp3) is 0.533. The molecule has 21 heavy (non-hydrogen) atoms. The molecule has 114 valence electrons. The topological polar surface area (TPSA) is 59.8 Å². The van der Waals surface area contributed by atoms with Crippen molar-refractivity contribution < 1.29 is 0 Å². The quantitative estimate of drug-likeness (QED) is 0.921. The van der Waals surface area contributed by atoms with Crippen LogP contribution in [0.3, 0.4) is 0 Å². The first-order chi connectivity index (χ1) is 9.93. The number of nitrogens with one attached hydrogen (secondary N) is 1. The summed E-state index contributed by atoms with van der Waals surface area (Å²) in [4.78, 5) is 12.8. The van der Waals surface area contributed by atoms with Crippen LogP contribution in [0.1, 0.15) is 39.3 Å². The zero-order chi connectivity index (χ0) is 15.6. The standard InChI is InChI=1S/C15H22N4OS/c1-9(2)8-19-12(10(3)4)7-6-11(14(19)20)13-17-18-15(16-5)21-13/h6-7,9-10H,8H2,1-5H3,(H,16,18). The molecule has 0 atom stereocenters. The number of hydrogen-bond acceptors (Lipinski definition) is 5. The van der Waals surface area contributed by atoms with Crippen LogP contribution in [-0.4, -0.2) is 21.8 Å². The fourth-order valence-corrected chi connectivity index (χ4v) is 2.96. The summed E-state index contributed by atoms with van der Waals surface area (Å²) in [5.74, 6) is 0.727. The molecular formula is C15H22N4OS. The Morgan fingerprint density at radius 1 is 1.24 bits per heavy atom. The summed E-state index contributed by atoms with van der Waals surface area (Å²) in [6, 6.07) is 3.90. The molecule has 5 nitrogen and oxygen atoms in total.